The number of benzene rings is 1. The Morgan fingerprint density at radius 1 is 1.35 bits per heavy atom. The van der Waals surface area contributed by atoms with E-state index in [1.807, 2.05) is 0 Å². The van der Waals surface area contributed by atoms with Crippen molar-refractivity contribution in [3.05, 3.63) is 35.1 Å². The Balaban J connectivity index is 0.00000256. The van der Waals surface area contributed by atoms with Gasteiger partial charge in [0.2, 0.25) is 0 Å². The highest BCUT2D eigenvalue weighted by molar-refractivity contribution is 5.85. The first-order valence-electron chi connectivity index (χ1n) is 4.43. The average molecular weight is 270 g/mol. The van der Waals surface area contributed by atoms with Crippen LogP contribution in [0.4, 0.5) is 13.2 Å². The number of hydrogen-bond acceptors (Lipinski definition) is 3. The number of carbonyl (C=O) groups excluding carboxylic acids is 1. The highest BCUT2D eigenvalue weighted by Crippen LogP contribution is 2.22. The number of halogens is 4. The molecule has 96 valence electrons. The van der Waals surface area contributed by atoms with Gasteiger partial charge in [-0.25, -0.2) is 13.2 Å². The number of carbonyl (C=O) groups is 1. The quantitative estimate of drug-likeness (QED) is 0.675. The zero-order chi connectivity index (χ0) is 12.3. The van der Waals surface area contributed by atoms with Crippen molar-refractivity contribution in [3.63, 3.8) is 0 Å². The zero-order valence-electron chi connectivity index (χ0n) is 8.88. The second kappa shape index (κ2) is 6.46. The van der Waals surface area contributed by atoms with Gasteiger partial charge in [-0.3, -0.25) is 4.79 Å². The van der Waals surface area contributed by atoms with Crippen molar-refractivity contribution < 1.29 is 22.7 Å². The molecule has 0 aromatic heterocycles. The molecule has 0 saturated heterocycles. The van der Waals surface area contributed by atoms with Crippen LogP contribution in [0.15, 0.2) is 12.1 Å². The summed E-state index contributed by atoms with van der Waals surface area (Å²) in [6.45, 7) is 0. The molecular formula is C10H11ClF3NO2. The minimum absolute atomic E-state index is 0. The summed E-state index contributed by atoms with van der Waals surface area (Å²) in [5.41, 5.74) is 5.20. The molecule has 7 heteroatoms. The molecule has 0 spiro atoms. The molecule has 1 rings (SSSR count). The minimum atomic E-state index is -1.60. The number of nitrogens with two attached hydrogens (primary N) is 1. The monoisotopic (exact) mass is 269 g/mol. The molecule has 1 aromatic carbocycles. The first-order valence-corrected chi connectivity index (χ1v) is 4.43. The maximum absolute atomic E-state index is 13.2. The van der Waals surface area contributed by atoms with Gasteiger partial charge in [-0.1, -0.05) is 6.07 Å². The third-order valence-electron chi connectivity index (χ3n) is 2.08. The van der Waals surface area contributed by atoms with E-state index < -0.39 is 29.5 Å². The van der Waals surface area contributed by atoms with Crippen molar-refractivity contribution >= 4 is 18.4 Å². The Morgan fingerprint density at radius 2 is 1.94 bits per heavy atom. The van der Waals surface area contributed by atoms with Crippen LogP contribution in [0.5, 0.6) is 0 Å². The molecule has 2 N–H and O–H groups in total. The second-order valence-electron chi connectivity index (χ2n) is 3.15. The summed E-state index contributed by atoms with van der Waals surface area (Å²) in [4.78, 5) is 10.9. The van der Waals surface area contributed by atoms with Crippen molar-refractivity contribution in [3.8, 4) is 0 Å². The molecule has 1 atom stereocenters. The van der Waals surface area contributed by atoms with Crippen LogP contribution in [-0.4, -0.2) is 13.1 Å². The zero-order valence-corrected chi connectivity index (χ0v) is 9.69. The van der Waals surface area contributed by atoms with E-state index in [4.69, 9.17) is 5.73 Å². The molecule has 1 aromatic rings. The third kappa shape index (κ3) is 3.61. The molecule has 0 heterocycles. The van der Waals surface area contributed by atoms with E-state index in [0.29, 0.717) is 0 Å². The summed E-state index contributed by atoms with van der Waals surface area (Å²) in [6.07, 6.45) is -0.307. The lowest BCUT2D eigenvalue weighted by Crippen LogP contribution is -2.18. The fourth-order valence-electron chi connectivity index (χ4n) is 1.20. The minimum Gasteiger partial charge on any atom is -0.469 e. The summed E-state index contributed by atoms with van der Waals surface area (Å²) >= 11 is 0. The maximum atomic E-state index is 13.2. The van der Waals surface area contributed by atoms with Crippen LogP contribution in [-0.2, 0) is 9.53 Å². The summed E-state index contributed by atoms with van der Waals surface area (Å²) < 4.78 is 43.0. The Kier molecular flexibility index (Phi) is 5.98. The summed E-state index contributed by atoms with van der Waals surface area (Å²) in [7, 11) is 1.15. The predicted molar refractivity (Wildman–Crippen MR) is 57.1 cm³/mol. The molecule has 0 aliphatic carbocycles. The SMILES string of the molecule is COC(=O)C[C@H](N)c1ccc(F)c(F)c1F.Cl. The summed E-state index contributed by atoms with van der Waals surface area (Å²) in [5, 5.41) is 0. The second-order valence-corrected chi connectivity index (χ2v) is 3.15. The molecule has 3 nitrogen and oxygen atoms in total. The number of methoxy groups -OCH3 is 1. The maximum Gasteiger partial charge on any atom is 0.307 e. The lowest BCUT2D eigenvalue weighted by molar-refractivity contribution is -0.141. The number of rotatable bonds is 3. The normalized spacial score (nSPS) is 11.6. The van der Waals surface area contributed by atoms with E-state index in [0.717, 1.165) is 19.2 Å². The van der Waals surface area contributed by atoms with Crippen molar-refractivity contribution in [1.29, 1.82) is 0 Å². The van der Waals surface area contributed by atoms with Gasteiger partial charge in [0.25, 0.3) is 0 Å². The smallest absolute Gasteiger partial charge is 0.307 e. The first kappa shape index (κ1) is 15.7. The highest BCUT2D eigenvalue weighted by Gasteiger charge is 2.20. The third-order valence-corrected chi connectivity index (χ3v) is 2.08. The first-order chi connectivity index (χ1) is 7.47. The van der Waals surface area contributed by atoms with Gasteiger partial charge in [0.05, 0.1) is 13.5 Å². The summed E-state index contributed by atoms with van der Waals surface area (Å²) in [6, 6.07) is 0.689. The van der Waals surface area contributed by atoms with Gasteiger partial charge in [-0.15, -0.1) is 12.4 Å². The van der Waals surface area contributed by atoms with E-state index in [2.05, 4.69) is 4.74 Å². The largest absolute Gasteiger partial charge is 0.469 e. The van der Waals surface area contributed by atoms with E-state index in [1.54, 1.807) is 0 Å². The van der Waals surface area contributed by atoms with Crippen molar-refractivity contribution in [2.45, 2.75) is 12.5 Å². The van der Waals surface area contributed by atoms with E-state index in [1.165, 1.54) is 0 Å². The molecular weight excluding hydrogens is 259 g/mol. The number of hydrogen-bond donors (Lipinski definition) is 1. The predicted octanol–water partition coefficient (Wildman–Crippen LogP) is 2.09. The van der Waals surface area contributed by atoms with E-state index in [-0.39, 0.29) is 24.4 Å². The van der Waals surface area contributed by atoms with Gasteiger partial charge in [0, 0.05) is 11.6 Å². The van der Waals surface area contributed by atoms with Crippen molar-refractivity contribution in [1.82, 2.24) is 0 Å². The van der Waals surface area contributed by atoms with E-state index >= 15 is 0 Å². The Labute approximate surface area is 102 Å². The van der Waals surface area contributed by atoms with Gasteiger partial charge in [-0.05, 0) is 6.07 Å². The highest BCUT2D eigenvalue weighted by atomic mass is 35.5. The van der Waals surface area contributed by atoms with Crippen LogP contribution >= 0.6 is 12.4 Å². The standard InChI is InChI=1S/C10H10F3NO2.ClH/c1-16-8(15)4-7(14)5-2-3-6(11)10(13)9(5)12;/h2-3,7H,4,14H2,1H3;1H/t7-;/m0./s1. The van der Waals surface area contributed by atoms with Crippen LogP contribution in [0.1, 0.15) is 18.0 Å². The fraction of sp³-hybridized carbons (Fsp3) is 0.300. The number of ether oxygens (including phenoxy) is 1. The van der Waals surface area contributed by atoms with Crippen LogP contribution < -0.4 is 5.73 Å². The average Bonchev–Trinajstić information content (AvgIpc) is 2.25. The molecule has 0 amide bonds. The van der Waals surface area contributed by atoms with Crippen molar-refractivity contribution in [2.75, 3.05) is 7.11 Å². The van der Waals surface area contributed by atoms with E-state index in [9.17, 15) is 18.0 Å². The fourth-order valence-corrected chi connectivity index (χ4v) is 1.20. The van der Waals surface area contributed by atoms with Crippen molar-refractivity contribution in [2.24, 2.45) is 5.73 Å². The van der Waals surface area contributed by atoms with Gasteiger partial charge < -0.3 is 10.5 Å². The molecule has 0 aliphatic rings. The molecule has 0 fully saturated rings. The molecule has 0 radical (unpaired) electrons. The lowest BCUT2D eigenvalue weighted by Gasteiger charge is -2.12. The van der Waals surface area contributed by atoms with Crippen LogP contribution in [0.2, 0.25) is 0 Å². The molecule has 17 heavy (non-hydrogen) atoms. The number of esters is 1. The van der Waals surface area contributed by atoms with Gasteiger partial charge in [0.1, 0.15) is 0 Å². The Hall–Kier alpha value is -1.27. The van der Waals surface area contributed by atoms with Crippen LogP contribution in [0, 0.1) is 17.5 Å². The topological polar surface area (TPSA) is 52.3 Å². The molecule has 0 saturated carbocycles. The van der Waals surface area contributed by atoms with Gasteiger partial charge in [-0.2, -0.15) is 0 Å². The molecule has 0 bridgehead atoms. The van der Waals surface area contributed by atoms with Crippen LogP contribution in [0.3, 0.4) is 0 Å². The lowest BCUT2D eigenvalue weighted by atomic mass is 10.0. The Bertz CT molecular complexity index is 415. The molecule has 0 unspecified atom stereocenters. The van der Waals surface area contributed by atoms with Gasteiger partial charge in [0.15, 0.2) is 17.5 Å². The van der Waals surface area contributed by atoms with Crippen LogP contribution in [0.25, 0.3) is 0 Å². The molecule has 0 aliphatic heterocycles. The summed E-state index contributed by atoms with van der Waals surface area (Å²) in [5.74, 6) is -4.93. The van der Waals surface area contributed by atoms with Gasteiger partial charge >= 0.3 is 5.97 Å². The Morgan fingerprint density at radius 3 is 2.47 bits per heavy atom.